The van der Waals surface area contributed by atoms with Crippen molar-refractivity contribution < 1.29 is 67.2 Å². The minimum atomic E-state index is -3.68. The van der Waals surface area contributed by atoms with Gasteiger partial charge in [-0.25, -0.2) is 17.8 Å². The number of hydrogen-bond donors (Lipinski definition) is 2. The second kappa shape index (κ2) is 14.0. The Morgan fingerprint density at radius 3 is 2.50 bits per heavy atom. The molecule has 1 aromatic carbocycles. The van der Waals surface area contributed by atoms with Crippen LogP contribution in [0.5, 0.6) is 0 Å². The maximum Gasteiger partial charge on any atom is 1.00 e. The molecule has 0 fully saturated rings. The SMILES string of the molecule is CCS(=O)(=O)N1CCOCc2c1nc(C(C)C)c(/C=C/[C@@H](O)C[C@@H](O)CC(=O)[O-])c2-c1ccc(F)cc1.[Na+]. The van der Waals surface area contributed by atoms with Gasteiger partial charge in [-0.05, 0) is 36.1 Å². The number of halogens is 1. The molecule has 202 valence electrons. The van der Waals surface area contributed by atoms with E-state index < -0.39 is 40.4 Å². The third kappa shape index (κ3) is 7.84. The number of fused-ring (bicyclic) bond motifs is 1. The molecule has 2 N–H and O–H groups in total. The molecule has 2 atom stereocenters. The molecule has 0 bridgehead atoms. The number of carbonyl (C=O) groups is 1. The Kier molecular flexibility index (Phi) is 11.9. The first-order valence-electron chi connectivity index (χ1n) is 12.1. The molecule has 9 nitrogen and oxygen atoms in total. The molecule has 2 aromatic rings. The van der Waals surface area contributed by atoms with Gasteiger partial charge in [0, 0.05) is 29.9 Å². The van der Waals surface area contributed by atoms with E-state index in [1.54, 1.807) is 25.1 Å². The molecule has 1 aliphatic rings. The molecule has 0 spiro atoms. The Balaban J connectivity index is 0.00000507. The van der Waals surface area contributed by atoms with Gasteiger partial charge >= 0.3 is 29.6 Å². The molecule has 1 aliphatic heterocycles. The van der Waals surface area contributed by atoms with Crippen LogP contribution in [0.2, 0.25) is 0 Å². The summed E-state index contributed by atoms with van der Waals surface area (Å²) in [6.45, 7) is 5.67. The van der Waals surface area contributed by atoms with Crippen molar-refractivity contribution in [2.75, 3.05) is 23.2 Å². The van der Waals surface area contributed by atoms with Crippen molar-refractivity contribution in [1.29, 1.82) is 0 Å². The third-order valence-electron chi connectivity index (χ3n) is 6.05. The van der Waals surface area contributed by atoms with Crippen LogP contribution >= 0.6 is 0 Å². The number of anilines is 1. The van der Waals surface area contributed by atoms with E-state index in [0.29, 0.717) is 27.9 Å². The summed E-state index contributed by atoms with van der Waals surface area (Å²) in [5.41, 5.74) is 2.83. The maximum absolute atomic E-state index is 13.8. The van der Waals surface area contributed by atoms with E-state index in [2.05, 4.69) is 0 Å². The number of hydrogen-bond acceptors (Lipinski definition) is 8. The number of benzene rings is 1. The number of nitrogens with zero attached hydrogens (tertiary/aromatic N) is 2. The molecule has 3 rings (SSSR count). The first-order valence-corrected chi connectivity index (χ1v) is 13.7. The monoisotopic (exact) mass is 558 g/mol. The third-order valence-corrected chi connectivity index (χ3v) is 7.80. The Hall–Kier alpha value is -1.86. The van der Waals surface area contributed by atoms with Crippen LogP contribution in [-0.2, 0) is 26.2 Å². The number of carboxylic acids is 1. The predicted molar refractivity (Wildman–Crippen MR) is 135 cm³/mol. The van der Waals surface area contributed by atoms with Crippen LogP contribution < -0.4 is 39.0 Å². The summed E-state index contributed by atoms with van der Waals surface area (Å²) in [5.74, 6) is -1.90. The van der Waals surface area contributed by atoms with E-state index in [4.69, 9.17) is 9.72 Å². The summed E-state index contributed by atoms with van der Waals surface area (Å²) >= 11 is 0. The van der Waals surface area contributed by atoms with Gasteiger partial charge in [-0.2, -0.15) is 0 Å². The fourth-order valence-corrected chi connectivity index (χ4v) is 5.32. The number of aromatic nitrogens is 1. The van der Waals surface area contributed by atoms with Crippen LogP contribution in [0.4, 0.5) is 10.2 Å². The van der Waals surface area contributed by atoms with Gasteiger partial charge in [0.2, 0.25) is 10.0 Å². The number of aliphatic hydroxyl groups is 2. The van der Waals surface area contributed by atoms with Crippen molar-refractivity contribution in [1.82, 2.24) is 4.98 Å². The summed E-state index contributed by atoms with van der Waals surface area (Å²) in [6.07, 6.45) is -0.278. The zero-order valence-corrected chi connectivity index (χ0v) is 24.9. The Morgan fingerprint density at radius 2 is 1.92 bits per heavy atom. The van der Waals surface area contributed by atoms with Gasteiger partial charge in [0.25, 0.3) is 0 Å². The molecule has 38 heavy (non-hydrogen) atoms. The van der Waals surface area contributed by atoms with E-state index in [1.807, 2.05) is 13.8 Å². The average Bonchev–Trinajstić information content (AvgIpc) is 3.04. The molecule has 2 heterocycles. The largest absolute Gasteiger partial charge is 1.00 e. The van der Waals surface area contributed by atoms with E-state index in [0.717, 1.165) is 0 Å². The number of carboxylic acid groups (broad SMARTS) is 1. The Labute approximate surface area is 244 Å². The number of rotatable bonds is 10. The van der Waals surface area contributed by atoms with Gasteiger partial charge in [-0.15, -0.1) is 0 Å². The van der Waals surface area contributed by atoms with Gasteiger partial charge in [0.1, 0.15) is 11.6 Å². The molecule has 0 saturated carbocycles. The van der Waals surface area contributed by atoms with Crippen LogP contribution in [0.25, 0.3) is 17.2 Å². The van der Waals surface area contributed by atoms with E-state index >= 15 is 0 Å². The van der Waals surface area contributed by atoms with Crippen molar-refractivity contribution in [3.8, 4) is 11.1 Å². The fourth-order valence-electron chi connectivity index (χ4n) is 4.24. The number of aliphatic hydroxyl groups excluding tert-OH is 2. The number of ether oxygens (including phenoxy) is 1. The smallest absolute Gasteiger partial charge is 0.550 e. The van der Waals surface area contributed by atoms with E-state index in [9.17, 15) is 32.9 Å². The second-order valence-corrected chi connectivity index (χ2v) is 11.3. The van der Waals surface area contributed by atoms with Crippen LogP contribution in [0.1, 0.15) is 56.4 Å². The quantitative estimate of drug-likeness (QED) is 0.353. The molecular weight excluding hydrogens is 526 g/mol. The molecule has 1 aromatic heterocycles. The fraction of sp³-hybridized carbons (Fsp3) is 0.462. The number of pyridine rings is 1. The van der Waals surface area contributed by atoms with Crippen molar-refractivity contribution in [3.05, 3.63) is 53.0 Å². The summed E-state index contributed by atoms with van der Waals surface area (Å²) in [6, 6.07) is 5.76. The molecule has 12 heteroatoms. The van der Waals surface area contributed by atoms with Gasteiger partial charge in [-0.3, -0.25) is 4.31 Å². The van der Waals surface area contributed by atoms with Crippen molar-refractivity contribution in [2.45, 2.75) is 58.3 Å². The molecule has 0 saturated heterocycles. The standard InChI is InChI=1S/C26H33FN2O7S.Na/c1-4-37(34,35)29-11-12-36-15-22-24(17-5-7-18(27)8-6-17)21(25(16(2)3)28-26(22)29)10-9-19(30)13-20(31)14-23(32)33;/h5-10,16,19-20,30-31H,4,11-15H2,1-3H3,(H,32,33);/q;+1/p-1/b10-9+;/t19-,20-;/m1./s1. The van der Waals surface area contributed by atoms with Gasteiger partial charge in [0.05, 0.1) is 43.4 Å². The zero-order chi connectivity index (χ0) is 27.3. The molecular formula is C26H32FN2NaO7S. The van der Waals surface area contributed by atoms with Crippen LogP contribution in [0.15, 0.2) is 30.3 Å². The summed E-state index contributed by atoms with van der Waals surface area (Å²) in [7, 11) is -3.68. The van der Waals surface area contributed by atoms with Crippen molar-refractivity contribution in [2.24, 2.45) is 0 Å². The van der Waals surface area contributed by atoms with Crippen LogP contribution in [-0.4, -0.2) is 60.7 Å². The van der Waals surface area contributed by atoms with E-state index in [1.165, 1.54) is 22.5 Å². The van der Waals surface area contributed by atoms with Crippen LogP contribution in [0.3, 0.4) is 0 Å². The summed E-state index contributed by atoms with van der Waals surface area (Å²) in [4.78, 5) is 15.5. The molecule has 0 aliphatic carbocycles. The number of carbonyl (C=O) groups excluding carboxylic acids is 1. The van der Waals surface area contributed by atoms with Gasteiger partial charge < -0.3 is 24.9 Å². The molecule has 0 amide bonds. The average molecular weight is 559 g/mol. The second-order valence-electron chi connectivity index (χ2n) is 9.17. The first kappa shape index (κ1) is 32.4. The summed E-state index contributed by atoms with van der Waals surface area (Å²) in [5, 5.41) is 31.0. The zero-order valence-electron chi connectivity index (χ0n) is 22.1. The van der Waals surface area contributed by atoms with Crippen molar-refractivity contribution in [3.63, 3.8) is 0 Å². The Morgan fingerprint density at radius 1 is 1.26 bits per heavy atom. The predicted octanol–water partition coefficient (Wildman–Crippen LogP) is -1.03. The first-order chi connectivity index (χ1) is 17.4. The normalized spacial score (nSPS) is 15.6. The number of aliphatic carboxylic acids is 1. The van der Waals surface area contributed by atoms with Gasteiger partial charge in [-0.1, -0.05) is 38.1 Å². The van der Waals surface area contributed by atoms with Crippen LogP contribution in [0, 0.1) is 5.82 Å². The maximum atomic E-state index is 13.8. The van der Waals surface area contributed by atoms with Crippen molar-refractivity contribution >= 4 is 27.9 Å². The van der Waals surface area contributed by atoms with Gasteiger partial charge in [0.15, 0.2) is 0 Å². The number of sulfonamides is 1. The summed E-state index contributed by atoms with van der Waals surface area (Å²) < 4.78 is 46.8. The Bertz CT molecular complexity index is 1250. The molecule has 0 radical (unpaired) electrons. The van der Waals surface area contributed by atoms with E-state index in [-0.39, 0.29) is 73.2 Å². The minimum absolute atomic E-state index is 0. The minimum Gasteiger partial charge on any atom is -0.550 e. The topological polar surface area (TPSA) is 140 Å². The molecule has 0 unspecified atom stereocenters.